The molecule has 0 bridgehead atoms. The highest BCUT2D eigenvalue weighted by molar-refractivity contribution is 8.01. The zero-order valence-electron chi connectivity index (χ0n) is 14.1. The van der Waals surface area contributed by atoms with Crippen molar-refractivity contribution in [1.29, 1.82) is 0 Å². The Hall–Kier alpha value is -0.760. The Bertz CT molecular complexity index is 728. The van der Waals surface area contributed by atoms with Crippen molar-refractivity contribution in [1.82, 2.24) is 10.2 Å². The standard InChI is InChI=1S/C18H20Cl2N2O2S2/c19-15-4-3-13(8-16(15)20)10-22-5-6-24-14(11-22)9-21-17(23)12-26-18-2-1-7-25-18/h1-4,7-8,14H,5-6,9-12H2,(H,21,23)/t14-/m0/s1. The summed E-state index contributed by atoms with van der Waals surface area (Å²) in [6, 6.07) is 9.72. The number of ether oxygens (including phenoxy) is 1. The smallest absolute Gasteiger partial charge is 0.230 e. The number of amides is 1. The lowest BCUT2D eigenvalue weighted by Crippen LogP contribution is -2.47. The summed E-state index contributed by atoms with van der Waals surface area (Å²) in [5, 5.41) is 6.12. The van der Waals surface area contributed by atoms with E-state index in [1.54, 1.807) is 23.1 Å². The van der Waals surface area contributed by atoms with Crippen molar-refractivity contribution in [3.63, 3.8) is 0 Å². The van der Waals surface area contributed by atoms with Gasteiger partial charge in [0, 0.05) is 26.2 Å². The van der Waals surface area contributed by atoms with Crippen molar-refractivity contribution >= 4 is 52.2 Å². The molecular weight excluding hydrogens is 411 g/mol. The predicted octanol–water partition coefficient (Wildman–Crippen LogP) is 4.16. The van der Waals surface area contributed by atoms with E-state index < -0.39 is 0 Å². The van der Waals surface area contributed by atoms with Gasteiger partial charge in [-0.3, -0.25) is 9.69 Å². The monoisotopic (exact) mass is 430 g/mol. The van der Waals surface area contributed by atoms with E-state index in [0.717, 1.165) is 29.4 Å². The lowest BCUT2D eigenvalue weighted by Gasteiger charge is -2.33. The fourth-order valence-corrected chi connectivity index (χ4v) is 4.64. The SMILES string of the molecule is O=C(CSc1cccs1)NC[C@H]1CN(Cc2ccc(Cl)c(Cl)c2)CCO1. The summed E-state index contributed by atoms with van der Waals surface area (Å²) in [5.74, 6) is 0.467. The number of hydrogen-bond donors (Lipinski definition) is 1. The third-order valence-corrected chi connectivity index (χ3v) is 6.85. The average molecular weight is 431 g/mol. The van der Waals surface area contributed by atoms with Crippen LogP contribution in [-0.2, 0) is 16.1 Å². The Kier molecular flexibility index (Phi) is 7.66. The summed E-state index contributed by atoms with van der Waals surface area (Å²) in [5.41, 5.74) is 1.12. The van der Waals surface area contributed by atoms with E-state index in [-0.39, 0.29) is 12.0 Å². The Morgan fingerprint density at radius 2 is 2.23 bits per heavy atom. The first-order valence-electron chi connectivity index (χ1n) is 8.31. The molecule has 8 heteroatoms. The van der Waals surface area contributed by atoms with Crippen LogP contribution in [0.5, 0.6) is 0 Å². The number of thiophene rings is 1. The lowest BCUT2D eigenvalue weighted by molar-refractivity contribution is -0.119. The molecule has 1 aromatic carbocycles. The maximum absolute atomic E-state index is 12.0. The van der Waals surface area contributed by atoms with Gasteiger partial charge in [0.15, 0.2) is 0 Å². The maximum Gasteiger partial charge on any atom is 0.230 e. The van der Waals surface area contributed by atoms with E-state index in [1.807, 2.05) is 35.7 Å². The van der Waals surface area contributed by atoms with Crippen LogP contribution >= 0.6 is 46.3 Å². The molecule has 0 aliphatic carbocycles. The molecule has 0 radical (unpaired) electrons. The number of nitrogens with one attached hydrogen (secondary N) is 1. The second kappa shape index (κ2) is 9.97. The van der Waals surface area contributed by atoms with Gasteiger partial charge in [-0.2, -0.15) is 0 Å². The minimum Gasteiger partial charge on any atom is -0.374 e. The Morgan fingerprint density at radius 1 is 1.35 bits per heavy atom. The van der Waals surface area contributed by atoms with E-state index >= 15 is 0 Å². The molecule has 2 heterocycles. The van der Waals surface area contributed by atoms with Crippen molar-refractivity contribution in [3.8, 4) is 0 Å². The van der Waals surface area contributed by atoms with Crippen LogP contribution in [0.25, 0.3) is 0 Å². The van der Waals surface area contributed by atoms with Gasteiger partial charge in [-0.25, -0.2) is 0 Å². The van der Waals surface area contributed by atoms with Crippen LogP contribution in [0.4, 0.5) is 0 Å². The van der Waals surface area contributed by atoms with Crippen LogP contribution in [0, 0.1) is 0 Å². The largest absolute Gasteiger partial charge is 0.374 e. The first-order chi connectivity index (χ1) is 12.6. The number of morpholine rings is 1. The van der Waals surface area contributed by atoms with Crippen LogP contribution in [0.3, 0.4) is 0 Å². The molecule has 1 atom stereocenters. The molecular formula is C18H20Cl2N2O2S2. The molecule has 1 fully saturated rings. The van der Waals surface area contributed by atoms with Crippen LogP contribution in [0.2, 0.25) is 10.0 Å². The Morgan fingerprint density at radius 3 is 3.00 bits per heavy atom. The third-order valence-electron chi connectivity index (χ3n) is 3.98. The predicted molar refractivity (Wildman–Crippen MR) is 110 cm³/mol. The summed E-state index contributed by atoms with van der Waals surface area (Å²) >= 11 is 15.3. The van der Waals surface area contributed by atoms with Gasteiger partial charge in [-0.05, 0) is 29.1 Å². The van der Waals surface area contributed by atoms with E-state index in [2.05, 4.69) is 10.2 Å². The van der Waals surface area contributed by atoms with Crippen LogP contribution < -0.4 is 5.32 Å². The Labute approximate surface area is 171 Å². The molecule has 1 aliphatic rings. The molecule has 1 amide bonds. The van der Waals surface area contributed by atoms with Crippen LogP contribution in [-0.4, -0.2) is 48.9 Å². The van der Waals surface area contributed by atoms with Crippen molar-refractivity contribution in [2.75, 3.05) is 32.0 Å². The number of carbonyl (C=O) groups excluding carboxylic acids is 1. The number of benzene rings is 1. The summed E-state index contributed by atoms with van der Waals surface area (Å²) in [4.78, 5) is 14.3. The zero-order chi connectivity index (χ0) is 18.4. The molecule has 140 valence electrons. The highest BCUT2D eigenvalue weighted by Crippen LogP contribution is 2.24. The molecule has 2 aromatic rings. The first kappa shape index (κ1) is 20.0. The van der Waals surface area contributed by atoms with Crippen molar-refractivity contribution in [3.05, 3.63) is 51.3 Å². The lowest BCUT2D eigenvalue weighted by atomic mass is 10.2. The Balaban J connectivity index is 1.41. The number of hydrogen-bond acceptors (Lipinski definition) is 5. The first-order valence-corrected chi connectivity index (χ1v) is 10.9. The van der Waals surface area contributed by atoms with Crippen molar-refractivity contribution in [2.24, 2.45) is 0 Å². The highest BCUT2D eigenvalue weighted by atomic mass is 35.5. The number of rotatable bonds is 7. The van der Waals surface area contributed by atoms with Gasteiger partial charge in [-0.15, -0.1) is 23.1 Å². The minimum absolute atomic E-state index is 0.00205. The fraction of sp³-hybridized carbons (Fsp3) is 0.389. The summed E-state index contributed by atoms with van der Waals surface area (Å²) in [7, 11) is 0. The maximum atomic E-state index is 12.0. The topological polar surface area (TPSA) is 41.6 Å². The van der Waals surface area contributed by atoms with E-state index in [4.69, 9.17) is 27.9 Å². The second-order valence-corrected chi connectivity index (χ2v) is 9.04. The minimum atomic E-state index is 0.00205. The molecule has 1 aromatic heterocycles. The quantitative estimate of drug-likeness (QED) is 0.669. The number of carbonyl (C=O) groups is 1. The van der Waals surface area contributed by atoms with Gasteiger partial charge in [-0.1, -0.05) is 35.3 Å². The molecule has 1 aliphatic heterocycles. The number of thioether (sulfide) groups is 1. The van der Waals surface area contributed by atoms with E-state index in [1.165, 1.54) is 0 Å². The molecule has 1 N–H and O–H groups in total. The van der Waals surface area contributed by atoms with Gasteiger partial charge in [0.25, 0.3) is 0 Å². The van der Waals surface area contributed by atoms with Crippen molar-refractivity contribution < 1.29 is 9.53 Å². The molecule has 0 spiro atoms. The molecule has 26 heavy (non-hydrogen) atoms. The molecule has 1 saturated heterocycles. The summed E-state index contributed by atoms with van der Waals surface area (Å²) < 4.78 is 6.94. The van der Waals surface area contributed by atoms with Gasteiger partial charge < -0.3 is 10.1 Å². The number of nitrogens with zero attached hydrogens (tertiary/aromatic N) is 1. The van der Waals surface area contributed by atoms with Crippen molar-refractivity contribution in [2.45, 2.75) is 16.9 Å². The second-order valence-electron chi connectivity index (χ2n) is 6.00. The van der Waals surface area contributed by atoms with Gasteiger partial charge >= 0.3 is 0 Å². The summed E-state index contributed by atoms with van der Waals surface area (Å²) in [6.07, 6.45) is 0.00205. The molecule has 4 nitrogen and oxygen atoms in total. The molecule has 0 unspecified atom stereocenters. The van der Waals surface area contributed by atoms with Crippen LogP contribution in [0.1, 0.15) is 5.56 Å². The zero-order valence-corrected chi connectivity index (χ0v) is 17.3. The normalized spacial score (nSPS) is 18.0. The molecule has 3 rings (SSSR count). The fourth-order valence-electron chi connectivity index (χ4n) is 2.70. The highest BCUT2D eigenvalue weighted by Gasteiger charge is 2.21. The number of halogens is 2. The van der Waals surface area contributed by atoms with E-state index in [9.17, 15) is 4.79 Å². The molecule has 0 saturated carbocycles. The van der Waals surface area contributed by atoms with Gasteiger partial charge in [0.05, 0.1) is 32.7 Å². The summed E-state index contributed by atoms with van der Waals surface area (Å²) in [6.45, 7) is 3.62. The van der Waals surface area contributed by atoms with Gasteiger partial charge in [0.1, 0.15) is 0 Å². The van der Waals surface area contributed by atoms with E-state index in [0.29, 0.717) is 28.9 Å². The van der Waals surface area contributed by atoms with Gasteiger partial charge in [0.2, 0.25) is 5.91 Å². The van der Waals surface area contributed by atoms with Crippen LogP contribution in [0.15, 0.2) is 39.9 Å². The third kappa shape index (κ3) is 6.15. The average Bonchev–Trinajstić information content (AvgIpc) is 3.15.